The van der Waals surface area contributed by atoms with Crippen LogP contribution in [0.15, 0.2) is 0 Å². The Labute approximate surface area is 98.3 Å². The molecule has 1 saturated heterocycles. The second-order valence-electron chi connectivity index (χ2n) is 5.68. The first-order valence-electron chi connectivity index (χ1n) is 5.85. The highest BCUT2D eigenvalue weighted by atomic mass is 32.2. The van der Waals surface area contributed by atoms with Gasteiger partial charge in [0.05, 0.1) is 6.10 Å². The first-order valence-corrected chi connectivity index (χ1v) is 6.79. The van der Waals surface area contributed by atoms with Crippen molar-refractivity contribution in [2.45, 2.75) is 63.7 Å². The van der Waals surface area contributed by atoms with Gasteiger partial charge in [0.15, 0.2) is 0 Å². The summed E-state index contributed by atoms with van der Waals surface area (Å²) in [5.74, 6) is 0. The lowest BCUT2D eigenvalue weighted by atomic mass is 9.88. The number of rotatable bonds is 3. The molecule has 4 unspecified atom stereocenters. The van der Waals surface area contributed by atoms with E-state index >= 15 is 0 Å². The van der Waals surface area contributed by atoms with Gasteiger partial charge in [-0.05, 0) is 25.7 Å². The summed E-state index contributed by atoms with van der Waals surface area (Å²) in [4.78, 5) is 0. The first-order chi connectivity index (χ1) is 6.82. The van der Waals surface area contributed by atoms with Crippen LogP contribution in [-0.2, 0) is 4.74 Å². The van der Waals surface area contributed by atoms with Crippen molar-refractivity contribution < 1.29 is 4.74 Å². The van der Waals surface area contributed by atoms with Crippen LogP contribution in [0.5, 0.6) is 0 Å². The van der Waals surface area contributed by atoms with E-state index in [1.807, 2.05) is 11.8 Å². The van der Waals surface area contributed by atoms with E-state index in [0.29, 0.717) is 16.6 Å². The summed E-state index contributed by atoms with van der Waals surface area (Å²) >= 11 is 2.03. The lowest BCUT2D eigenvalue weighted by Gasteiger charge is -2.35. The summed E-state index contributed by atoms with van der Waals surface area (Å²) in [7, 11) is 0. The van der Waals surface area contributed by atoms with Crippen LogP contribution in [0, 0.1) is 5.41 Å². The highest BCUT2D eigenvalue weighted by Crippen LogP contribution is 2.38. The van der Waals surface area contributed by atoms with E-state index in [1.54, 1.807) is 0 Å². The Balaban J connectivity index is 2.59. The van der Waals surface area contributed by atoms with Crippen LogP contribution in [0.3, 0.4) is 0 Å². The van der Waals surface area contributed by atoms with E-state index < -0.39 is 0 Å². The van der Waals surface area contributed by atoms with Crippen LogP contribution in [0.25, 0.3) is 0 Å². The fraction of sp³-hybridized carbons (Fsp3) is 1.00. The third kappa shape index (κ3) is 3.65. The predicted molar refractivity (Wildman–Crippen MR) is 68.3 cm³/mol. The minimum Gasteiger partial charge on any atom is -0.377 e. The third-order valence-electron chi connectivity index (χ3n) is 2.96. The zero-order chi connectivity index (χ0) is 11.6. The molecule has 1 aliphatic heterocycles. The molecular weight excluding hydrogens is 206 g/mol. The molecule has 0 aromatic carbocycles. The number of hydrogen-bond acceptors (Lipinski definition) is 3. The Morgan fingerprint density at radius 1 is 1.40 bits per heavy atom. The highest BCUT2D eigenvalue weighted by molar-refractivity contribution is 8.00. The predicted octanol–water partition coefficient (Wildman–Crippen LogP) is 2.66. The molecule has 0 radical (unpaired) electrons. The third-order valence-corrected chi connectivity index (χ3v) is 5.36. The molecular formula is C12H25NOS. The summed E-state index contributed by atoms with van der Waals surface area (Å²) < 4.78 is 5.60. The quantitative estimate of drug-likeness (QED) is 0.811. The van der Waals surface area contributed by atoms with Gasteiger partial charge in [-0.25, -0.2) is 0 Å². The van der Waals surface area contributed by atoms with Crippen LogP contribution >= 0.6 is 11.8 Å². The summed E-state index contributed by atoms with van der Waals surface area (Å²) in [5, 5.41) is 1.13. The molecule has 1 rings (SSSR count). The molecule has 0 aliphatic carbocycles. The van der Waals surface area contributed by atoms with Crippen molar-refractivity contribution in [1.82, 2.24) is 0 Å². The van der Waals surface area contributed by atoms with Crippen molar-refractivity contribution in [1.29, 1.82) is 0 Å². The molecule has 0 aromatic rings. The monoisotopic (exact) mass is 231 g/mol. The minimum absolute atomic E-state index is 0.239. The molecule has 1 aliphatic rings. The van der Waals surface area contributed by atoms with Crippen LogP contribution in [0.1, 0.15) is 41.0 Å². The number of hydrogen-bond donors (Lipinski definition) is 1. The Bertz CT molecular complexity index is 200. The van der Waals surface area contributed by atoms with Crippen molar-refractivity contribution in [3.63, 3.8) is 0 Å². The van der Waals surface area contributed by atoms with Crippen molar-refractivity contribution >= 4 is 11.8 Å². The van der Waals surface area contributed by atoms with E-state index in [-0.39, 0.29) is 11.5 Å². The minimum atomic E-state index is 0.239. The smallest absolute Gasteiger partial charge is 0.0666 e. The number of nitrogens with two attached hydrogens (primary N) is 1. The van der Waals surface area contributed by atoms with E-state index in [0.717, 1.165) is 6.61 Å². The second kappa shape index (κ2) is 5.07. The largest absolute Gasteiger partial charge is 0.377 e. The van der Waals surface area contributed by atoms with Crippen molar-refractivity contribution in [2.24, 2.45) is 11.1 Å². The molecule has 4 atom stereocenters. The molecule has 0 saturated carbocycles. The summed E-state index contributed by atoms with van der Waals surface area (Å²) in [6, 6.07) is 0.239. The van der Waals surface area contributed by atoms with Gasteiger partial charge in [-0.2, -0.15) is 11.8 Å². The average Bonchev–Trinajstić information content (AvgIpc) is 2.44. The maximum atomic E-state index is 6.08. The van der Waals surface area contributed by atoms with Gasteiger partial charge in [-0.1, -0.05) is 20.8 Å². The Hall–Kier alpha value is 0.270. The molecule has 0 bridgehead atoms. The molecule has 1 heterocycles. The van der Waals surface area contributed by atoms with Gasteiger partial charge in [-0.15, -0.1) is 0 Å². The van der Waals surface area contributed by atoms with Crippen LogP contribution < -0.4 is 5.73 Å². The molecule has 0 aromatic heterocycles. The maximum absolute atomic E-state index is 6.08. The summed E-state index contributed by atoms with van der Waals surface area (Å²) in [6.45, 7) is 12.0. The second-order valence-corrected chi connectivity index (χ2v) is 7.07. The summed E-state index contributed by atoms with van der Waals surface area (Å²) in [6.07, 6.45) is 1.56. The van der Waals surface area contributed by atoms with Gasteiger partial charge < -0.3 is 10.5 Å². The Morgan fingerprint density at radius 3 is 2.33 bits per heavy atom. The number of ether oxygens (including phenoxy) is 1. The molecule has 1 fully saturated rings. The Morgan fingerprint density at radius 2 is 2.00 bits per heavy atom. The van der Waals surface area contributed by atoms with E-state index in [1.165, 1.54) is 6.42 Å². The van der Waals surface area contributed by atoms with Gasteiger partial charge in [0, 0.05) is 23.1 Å². The van der Waals surface area contributed by atoms with Crippen molar-refractivity contribution in [2.75, 3.05) is 6.61 Å². The van der Waals surface area contributed by atoms with E-state index in [9.17, 15) is 0 Å². The normalized spacial score (nSPS) is 31.6. The molecule has 0 spiro atoms. The lowest BCUT2D eigenvalue weighted by molar-refractivity contribution is 0.127. The Kier molecular flexibility index (Phi) is 4.50. The lowest BCUT2D eigenvalue weighted by Crippen LogP contribution is -2.40. The van der Waals surface area contributed by atoms with Crippen LogP contribution in [0.4, 0.5) is 0 Å². The zero-order valence-electron chi connectivity index (χ0n) is 10.6. The van der Waals surface area contributed by atoms with Crippen LogP contribution in [0.2, 0.25) is 0 Å². The molecule has 90 valence electrons. The molecule has 3 heteroatoms. The van der Waals surface area contributed by atoms with Crippen LogP contribution in [-0.4, -0.2) is 29.3 Å². The van der Waals surface area contributed by atoms with Gasteiger partial charge in [0.1, 0.15) is 0 Å². The maximum Gasteiger partial charge on any atom is 0.0666 e. The fourth-order valence-corrected chi connectivity index (χ4v) is 3.76. The van der Waals surface area contributed by atoms with Gasteiger partial charge >= 0.3 is 0 Å². The standard InChI is InChI=1S/C12H25NOS/c1-8(13)11(12(3,4)5)15-10-6-7-14-9(10)2/h8-11H,6-7,13H2,1-5H3. The summed E-state index contributed by atoms with van der Waals surface area (Å²) in [5.41, 5.74) is 6.35. The fourth-order valence-electron chi connectivity index (χ4n) is 2.20. The SMILES string of the molecule is CC(N)C(SC1CCOC1C)C(C)(C)C. The number of thioether (sulfide) groups is 1. The van der Waals surface area contributed by atoms with Gasteiger partial charge in [0.2, 0.25) is 0 Å². The van der Waals surface area contributed by atoms with Gasteiger partial charge in [-0.3, -0.25) is 0 Å². The first kappa shape index (κ1) is 13.3. The molecule has 2 N–H and O–H groups in total. The molecule has 0 amide bonds. The highest BCUT2D eigenvalue weighted by Gasteiger charge is 2.34. The topological polar surface area (TPSA) is 35.2 Å². The average molecular weight is 231 g/mol. The van der Waals surface area contributed by atoms with Crippen molar-refractivity contribution in [3.8, 4) is 0 Å². The van der Waals surface area contributed by atoms with E-state index in [2.05, 4.69) is 34.6 Å². The molecule has 2 nitrogen and oxygen atoms in total. The van der Waals surface area contributed by atoms with Crippen molar-refractivity contribution in [3.05, 3.63) is 0 Å². The van der Waals surface area contributed by atoms with Gasteiger partial charge in [0.25, 0.3) is 0 Å². The zero-order valence-corrected chi connectivity index (χ0v) is 11.4. The molecule has 15 heavy (non-hydrogen) atoms. The van der Waals surface area contributed by atoms with E-state index in [4.69, 9.17) is 10.5 Å².